The highest BCUT2D eigenvalue weighted by Gasteiger charge is 2.04. The van der Waals surface area contributed by atoms with Crippen molar-refractivity contribution >= 4 is 11.1 Å². The third kappa shape index (κ3) is 1.71. The van der Waals surface area contributed by atoms with Crippen LogP contribution in [0, 0.1) is 6.92 Å². The van der Waals surface area contributed by atoms with Gasteiger partial charge in [0, 0.05) is 11.8 Å². The van der Waals surface area contributed by atoms with Crippen molar-refractivity contribution in [3.8, 4) is 0 Å². The van der Waals surface area contributed by atoms with Gasteiger partial charge in [-0.1, -0.05) is 18.7 Å². The Hall–Kier alpha value is -1.83. The molecule has 0 aliphatic carbocycles. The number of nitrogens with zero attached hydrogens (tertiary/aromatic N) is 2. The van der Waals surface area contributed by atoms with E-state index in [0.29, 0.717) is 0 Å². The van der Waals surface area contributed by atoms with E-state index in [-0.39, 0.29) is 0 Å². The fourth-order valence-corrected chi connectivity index (χ4v) is 1.66. The quantitative estimate of drug-likeness (QED) is 0.677. The molecule has 0 bridgehead atoms. The topological polar surface area (TPSA) is 17.3 Å². The zero-order chi connectivity index (χ0) is 10.8. The van der Waals surface area contributed by atoms with Gasteiger partial charge in [-0.05, 0) is 37.1 Å². The largest absolute Gasteiger partial charge is 0.240 e. The van der Waals surface area contributed by atoms with Crippen molar-refractivity contribution in [1.82, 2.24) is 9.61 Å². The van der Waals surface area contributed by atoms with Crippen molar-refractivity contribution in [2.24, 2.45) is 0 Å². The molecule has 0 fully saturated rings. The summed E-state index contributed by atoms with van der Waals surface area (Å²) in [6.45, 7) is 7.86. The van der Waals surface area contributed by atoms with E-state index in [4.69, 9.17) is 0 Å². The Morgan fingerprint density at radius 1 is 1.53 bits per heavy atom. The number of allylic oxidation sites excluding steroid dienone is 3. The Balaban J connectivity index is 2.66. The molecule has 2 rings (SSSR count). The molecule has 2 heterocycles. The fourth-order valence-electron chi connectivity index (χ4n) is 1.66. The SMILES string of the molecule is C=C/C=C(\C)c1cnn2ccc(C)cc12. The molecule has 2 heteroatoms. The Morgan fingerprint density at radius 2 is 2.33 bits per heavy atom. The molecule has 0 saturated heterocycles. The lowest BCUT2D eigenvalue weighted by Gasteiger charge is -1.99. The third-order valence-electron chi connectivity index (χ3n) is 2.47. The molecule has 2 aromatic rings. The fraction of sp³-hybridized carbons (Fsp3) is 0.154. The molecule has 15 heavy (non-hydrogen) atoms. The highest BCUT2D eigenvalue weighted by Crippen LogP contribution is 2.20. The molecule has 0 aliphatic rings. The van der Waals surface area contributed by atoms with Gasteiger partial charge in [-0.3, -0.25) is 0 Å². The summed E-state index contributed by atoms with van der Waals surface area (Å²) >= 11 is 0. The molecule has 0 aliphatic heterocycles. The van der Waals surface area contributed by atoms with Crippen LogP contribution in [0.25, 0.3) is 11.1 Å². The second kappa shape index (κ2) is 3.73. The lowest BCUT2D eigenvalue weighted by atomic mass is 10.1. The number of fused-ring (bicyclic) bond motifs is 1. The number of pyridine rings is 1. The lowest BCUT2D eigenvalue weighted by Crippen LogP contribution is -1.86. The van der Waals surface area contributed by atoms with Crippen LogP contribution in [0.2, 0.25) is 0 Å². The maximum atomic E-state index is 4.30. The van der Waals surface area contributed by atoms with E-state index in [0.717, 1.165) is 5.52 Å². The summed E-state index contributed by atoms with van der Waals surface area (Å²) in [6.07, 6.45) is 7.67. The average molecular weight is 198 g/mol. The Bertz CT molecular complexity index is 532. The van der Waals surface area contributed by atoms with Gasteiger partial charge in [0.2, 0.25) is 0 Å². The van der Waals surface area contributed by atoms with Crippen molar-refractivity contribution in [3.63, 3.8) is 0 Å². The van der Waals surface area contributed by atoms with Crippen molar-refractivity contribution < 1.29 is 0 Å². The lowest BCUT2D eigenvalue weighted by molar-refractivity contribution is 0.958. The molecule has 2 aromatic heterocycles. The van der Waals surface area contributed by atoms with Crippen LogP contribution in [0.5, 0.6) is 0 Å². The minimum Gasteiger partial charge on any atom is -0.240 e. The maximum absolute atomic E-state index is 4.30. The van der Waals surface area contributed by atoms with Gasteiger partial charge in [0.1, 0.15) is 0 Å². The molecule has 0 N–H and O–H groups in total. The van der Waals surface area contributed by atoms with Crippen molar-refractivity contribution in [3.05, 3.63) is 54.4 Å². The summed E-state index contributed by atoms with van der Waals surface area (Å²) in [6, 6.07) is 4.19. The van der Waals surface area contributed by atoms with Gasteiger partial charge in [-0.25, -0.2) is 4.52 Å². The zero-order valence-corrected chi connectivity index (χ0v) is 9.07. The molecule has 0 spiro atoms. The maximum Gasteiger partial charge on any atom is 0.0739 e. The first-order valence-electron chi connectivity index (χ1n) is 4.96. The number of aryl methyl sites for hydroxylation is 1. The van der Waals surface area contributed by atoms with E-state index < -0.39 is 0 Å². The van der Waals surface area contributed by atoms with Gasteiger partial charge >= 0.3 is 0 Å². The van der Waals surface area contributed by atoms with E-state index in [2.05, 4.69) is 37.7 Å². The third-order valence-corrected chi connectivity index (χ3v) is 2.47. The molecule has 76 valence electrons. The average Bonchev–Trinajstić information content (AvgIpc) is 2.60. The summed E-state index contributed by atoms with van der Waals surface area (Å²) in [5, 5.41) is 4.30. The molecular weight excluding hydrogens is 184 g/mol. The van der Waals surface area contributed by atoms with Crippen LogP contribution in [-0.2, 0) is 0 Å². The van der Waals surface area contributed by atoms with Gasteiger partial charge in [-0.2, -0.15) is 5.10 Å². The molecule has 0 saturated carbocycles. The van der Waals surface area contributed by atoms with Gasteiger partial charge in [0.05, 0.1) is 11.7 Å². The van der Waals surface area contributed by atoms with E-state index in [1.165, 1.54) is 16.7 Å². The molecular formula is C13H14N2. The van der Waals surface area contributed by atoms with Gasteiger partial charge in [0.15, 0.2) is 0 Å². The first-order valence-corrected chi connectivity index (χ1v) is 4.96. The van der Waals surface area contributed by atoms with E-state index in [1.807, 2.05) is 23.0 Å². The highest BCUT2D eigenvalue weighted by atomic mass is 15.2. The first-order chi connectivity index (χ1) is 7.22. The molecule has 0 amide bonds. The smallest absolute Gasteiger partial charge is 0.0739 e. The van der Waals surface area contributed by atoms with Crippen LogP contribution < -0.4 is 0 Å². The van der Waals surface area contributed by atoms with Gasteiger partial charge < -0.3 is 0 Å². The van der Waals surface area contributed by atoms with Crippen LogP contribution in [0.3, 0.4) is 0 Å². The second-order valence-electron chi connectivity index (χ2n) is 3.68. The van der Waals surface area contributed by atoms with Crippen molar-refractivity contribution in [2.75, 3.05) is 0 Å². The highest BCUT2D eigenvalue weighted by molar-refractivity contribution is 5.77. The van der Waals surface area contributed by atoms with Crippen LogP contribution in [0.15, 0.2) is 43.3 Å². The minimum atomic E-state index is 1.14. The Kier molecular flexibility index (Phi) is 2.42. The van der Waals surface area contributed by atoms with Crippen molar-refractivity contribution in [2.45, 2.75) is 13.8 Å². The van der Waals surface area contributed by atoms with E-state index in [9.17, 15) is 0 Å². The number of hydrogen-bond acceptors (Lipinski definition) is 1. The normalized spacial score (nSPS) is 12.0. The summed E-state index contributed by atoms with van der Waals surface area (Å²) in [4.78, 5) is 0. The number of aromatic nitrogens is 2. The summed E-state index contributed by atoms with van der Waals surface area (Å²) in [5.74, 6) is 0. The summed E-state index contributed by atoms with van der Waals surface area (Å²) in [5.41, 5.74) is 4.74. The van der Waals surface area contributed by atoms with Gasteiger partial charge in [0.25, 0.3) is 0 Å². The van der Waals surface area contributed by atoms with Crippen LogP contribution in [0.1, 0.15) is 18.1 Å². The summed E-state index contributed by atoms with van der Waals surface area (Å²) in [7, 11) is 0. The molecule has 2 nitrogen and oxygen atoms in total. The second-order valence-corrected chi connectivity index (χ2v) is 3.68. The van der Waals surface area contributed by atoms with Crippen molar-refractivity contribution in [1.29, 1.82) is 0 Å². The van der Waals surface area contributed by atoms with Crippen LogP contribution >= 0.6 is 0 Å². The molecule has 0 radical (unpaired) electrons. The Labute approximate surface area is 89.5 Å². The van der Waals surface area contributed by atoms with E-state index in [1.54, 1.807) is 6.08 Å². The van der Waals surface area contributed by atoms with Crippen LogP contribution in [-0.4, -0.2) is 9.61 Å². The first kappa shape index (κ1) is 9.71. The summed E-state index contributed by atoms with van der Waals surface area (Å²) < 4.78 is 1.89. The zero-order valence-electron chi connectivity index (χ0n) is 9.07. The van der Waals surface area contributed by atoms with Gasteiger partial charge in [-0.15, -0.1) is 0 Å². The predicted octanol–water partition coefficient (Wildman–Crippen LogP) is 3.23. The molecule has 0 atom stereocenters. The number of hydrogen-bond donors (Lipinski definition) is 0. The minimum absolute atomic E-state index is 1.14. The molecule has 0 aromatic carbocycles. The standard InChI is InChI=1S/C13H14N2/c1-4-5-11(3)12-9-14-15-7-6-10(2)8-13(12)15/h4-9H,1H2,2-3H3/b11-5+. The monoisotopic (exact) mass is 198 g/mol. The molecule has 0 unspecified atom stereocenters. The predicted molar refractivity (Wildman–Crippen MR) is 63.8 cm³/mol. The van der Waals surface area contributed by atoms with E-state index >= 15 is 0 Å². The van der Waals surface area contributed by atoms with Crippen LogP contribution in [0.4, 0.5) is 0 Å². The Morgan fingerprint density at radius 3 is 3.07 bits per heavy atom. The number of rotatable bonds is 2.